The molecule has 1 aromatic rings. The molecule has 2 rings (SSSR count). The SMILES string of the molecule is Cc1cc(NC2CCCC(C)(C)C2)ccc1[N+](=O)[O-]. The number of hydrogen-bond acceptors (Lipinski definition) is 3. The molecule has 1 aliphatic carbocycles. The smallest absolute Gasteiger partial charge is 0.272 e. The van der Waals surface area contributed by atoms with Crippen LogP contribution >= 0.6 is 0 Å². The Hall–Kier alpha value is -1.58. The van der Waals surface area contributed by atoms with Gasteiger partial charge in [-0.15, -0.1) is 0 Å². The van der Waals surface area contributed by atoms with Crippen molar-refractivity contribution < 1.29 is 4.92 Å². The Morgan fingerprint density at radius 3 is 2.74 bits per heavy atom. The van der Waals surface area contributed by atoms with Crippen LogP contribution in [0.5, 0.6) is 0 Å². The van der Waals surface area contributed by atoms with Crippen molar-refractivity contribution in [1.29, 1.82) is 0 Å². The second kappa shape index (κ2) is 5.19. The number of anilines is 1. The minimum Gasteiger partial charge on any atom is -0.382 e. The predicted molar refractivity (Wildman–Crippen MR) is 77.5 cm³/mol. The van der Waals surface area contributed by atoms with E-state index in [1.165, 1.54) is 19.3 Å². The van der Waals surface area contributed by atoms with E-state index in [0.29, 0.717) is 17.0 Å². The predicted octanol–water partition coefficient (Wildman–Crippen LogP) is 4.28. The molecule has 1 fully saturated rings. The fourth-order valence-electron chi connectivity index (χ4n) is 3.01. The van der Waals surface area contributed by atoms with Crippen LogP contribution in [0.2, 0.25) is 0 Å². The summed E-state index contributed by atoms with van der Waals surface area (Å²) in [7, 11) is 0. The van der Waals surface area contributed by atoms with Gasteiger partial charge in [-0.3, -0.25) is 10.1 Å². The van der Waals surface area contributed by atoms with Crippen LogP contribution in [0.1, 0.15) is 45.1 Å². The lowest BCUT2D eigenvalue weighted by Crippen LogP contribution is -2.31. The van der Waals surface area contributed by atoms with Gasteiger partial charge < -0.3 is 5.32 Å². The Bertz CT molecular complexity index is 483. The van der Waals surface area contributed by atoms with Crippen LogP contribution in [-0.2, 0) is 0 Å². The van der Waals surface area contributed by atoms with E-state index in [1.54, 1.807) is 13.0 Å². The summed E-state index contributed by atoms with van der Waals surface area (Å²) >= 11 is 0. The largest absolute Gasteiger partial charge is 0.382 e. The highest BCUT2D eigenvalue weighted by Crippen LogP contribution is 2.36. The van der Waals surface area contributed by atoms with Gasteiger partial charge in [0.25, 0.3) is 5.69 Å². The zero-order valence-corrected chi connectivity index (χ0v) is 11.9. The number of hydrogen-bond donors (Lipinski definition) is 1. The summed E-state index contributed by atoms with van der Waals surface area (Å²) in [6.45, 7) is 6.40. The van der Waals surface area contributed by atoms with Crippen molar-refractivity contribution in [2.24, 2.45) is 5.41 Å². The number of nitrogens with one attached hydrogen (secondary N) is 1. The van der Waals surface area contributed by atoms with E-state index in [0.717, 1.165) is 12.1 Å². The lowest BCUT2D eigenvalue weighted by Gasteiger charge is -2.36. The van der Waals surface area contributed by atoms with Crippen molar-refractivity contribution in [2.75, 3.05) is 5.32 Å². The molecule has 0 heterocycles. The maximum atomic E-state index is 10.8. The highest BCUT2D eigenvalue weighted by atomic mass is 16.6. The van der Waals surface area contributed by atoms with E-state index in [1.807, 2.05) is 12.1 Å². The highest BCUT2D eigenvalue weighted by Gasteiger charge is 2.27. The first-order chi connectivity index (χ1) is 8.87. The first kappa shape index (κ1) is 13.8. The van der Waals surface area contributed by atoms with Gasteiger partial charge in [0.05, 0.1) is 4.92 Å². The number of nitro benzene ring substituents is 1. The topological polar surface area (TPSA) is 55.2 Å². The maximum absolute atomic E-state index is 10.8. The highest BCUT2D eigenvalue weighted by molar-refractivity contribution is 5.54. The number of benzene rings is 1. The van der Waals surface area contributed by atoms with Crippen LogP contribution in [0.15, 0.2) is 18.2 Å². The van der Waals surface area contributed by atoms with Gasteiger partial charge in [-0.25, -0.2) is 0 Å². The van der Waals surface area contributed by atoms with Gasteiger partial charge in [-0.05, 0) is 43.7 Å². The third-order valence-electron chi connectivity index (χ3n) is 3.97. The summed E-state index contributed by atoms with van der Waals surface area (Å²) in [5.41, 5.74) is 2.29. The molecule has 1 saturated carbocycles. The van der Waals surface area contributed by atoms with E-state index in [4.69, 9.17) is 0 Å². The molecule has 104 valence electrons. The van der Waals surface area contributed by atoms with Gasteiger partial charge >= 0.3 is 0 Å². The summed E-state index contributed by atoms with van der Waals surface area (Å²) in [5, 5.41) is 14.3. The van der Waals surface area contributed by atoms with Gasteiger partial charge in [-0.1, -0.05) is 20.3 Å². The Labute approximate surface area is 114 Å². The molecule has 0 bridgehead atoms. The monoisotopic (exact) mass is 262 g/mol. The van der Waals surface area contributed by atoms with Crippen molar-refractivity contribution in [2.45, 2.75) is 52.5 Å². The van der Waals surface area contributed by atoms with E-state index < -0.39 is 0 Å². The molecule has 1 atom stereocenters. The van der Waals surface area contributed by atoms with Crippen LogP contribution in [0, 0.1) is 22.5 Å². The zero-order valence-electron chi connectivity index (χ0n) is 11.9. The van der Waals surface area contributed by atoms with Crippen molar-refractivity contribution in [1.82, 2.24) is 0 Å². The summed E-state index contributed by atoms with van der Waals surface area (Å²) in [5.74, 6) is 0. The number of rotatable bonds is 3. The third-order valence-corrected chi connectivity index (χ3v) is 3.97. The van der Waals surface area contributed by atoms with Crippen LogP contribution in [0.4, 0.5) is 11.4 Å². The Kier molecular flexibility index (Phi) is 3.78. The zero-order chi connectivity index (χ0) is 14.0. The maximum Gasteiger partial charge on any atom is 0.272 e. The van der Waals surface area contributed by atoms with E-state index in [9.17, 15) is 10.1 Å². The fraction of sp³-hybridized carbons (Fsp3) is 0.600. The average Bonchev–Trinajstić information content (AvgIpc) is 2.27. The van der Waals surface area contributed by atoms with Crippen molar-refractivity contribution in [3.63, 3.8) is 0 Å². The lowest BCUT2D eigenvalue weighted by molar-refractivity contribution is -0.385. The normalized spacial score (nSPS) is 21.9. The van der Waals surface area contributed by atoms with E-state index in [-0.39, 0.29) is 10.6 Å². The number of nitro groups is 1. The fourth-order valence-corrected chi connectivity index (χ4v) is 3.01. The molecule has 0 radical (unpaired) electrons. The molecule has 19 heavy (non-hydrogen) atoms. The molecule has 1 N–H and O–H groups in total. The van der Waals surface area contributed by atoms with Gasteiger partial charge in [0.15, 0.2) is 0 Å². The van der Waals surface area contributed by atoms with Crippen molar-refractivity contribution in [3.05, 3.63) is 33.9 Å². The molecular weight excluding hydrogens is 240 g/mol. The lowest BCUT2D eigenvalue weighted by atomic mass is 9.75. The molecule has 0 aromatic heterocycles. The second-order valence-electron chi connectivity index (χ2n) is 6.36. The number of nitrogens with zero attached hydrogens (tertiary/aromatic N) is 1. The summed E-state index contributed by atoms with van der Waals surface area (Å²) in [4.78, 5) is 10.5. The Morgan fingerprint density at radius 1 is 1.42 bits per heavy atom. The number of aryl methyl sites for hydroxylation is 1. The molecule has 1 unspecified atom stereocenters. The van der Waals surface area contributed by atoms with Crippen LogP contribution < -0.4 is 5.32 Å². The molecule has 1 aliphatic rings. The average molecular weight is 262 g/mol. The Morgan fingerprint density at radius 2 is 2.16 bits per heavy atom. The van der Waals surface area contributed by atoms with Crippen molar-refractivity contribution in [3.8, 4) is 0 Å². The first-order valence-corrected chi connectivity index (χ1v) is 6.89. The summed E-state index contributed by atoms with van der Waals surface area (Å²) in [6.07, 6.45) is 4.86. The van der Waals surface area contributed by atoms with Gasteiger partial charge in [0.1, 0.15) is 0 Å². The van der Waals surface area contributed by atoms with Gasteiger partial charge in [0, 0.05) is 23.4 Å². The summed E-state index contributed by atoms with van der Waals surface area (Å²) < 4.78 is 0. The molecule has 0 spiro atoms. The summed E-state index contributed by atoms with van der Waals surface area (Å²) in [6, 6.07) is 5.75. The molecule has 1 aromatic carbocycles. The minimum absolute atomic E-state index is 0.189. The molecule has 4 heteroatoms. The molecule has 0 aliphatic heterocycles. The standard InChI is InChI=1S/C15H22N2O2/c1-11-9-12(6-7-14(11)17(18)19)16-13-5-4-8-15(2,3)10-13/h6-7,9,13,16H,4-5,8,10H2,1-3H3. The second-order valence-corrected chi connectivity index (χ2v) is 6.36. The molecular formula is C15H22N2O2. The quantitative estimate of drug-likeness (QED) is 0.653. The van der Waals surface area contributed by atoms with Gasteiger partial charge in [-0.2, -0.15) is 0 Å². The van der Waals surface area contributed by atoms with Crippen molar-refractivity contribution >= 4 is 11.4 Å². The molecule has 0 amide bonds. The first-order valence-electron chi connectivity index (χ1n) is 6.89. The van der Waals surface area contributed by atoms with Crippen LogP contribution in [-0.4, -0.2) is 11.0 Å². The Balaban J connectivity index is 2.07. The molecule has 0 saturated heterocycles. The van der Waals surface area contributed by atoms with E-state index in [2.05, 4.69) is 19.2 Å². The van der Waals surface area contributed by atoms with Crippen LogP contribution in [0.3, 0.4) is 0 Å². The van der Waals surface area contributed by atoms with E-state index >= 15 is 0 Å². The third kappa shape index (κ3) is 3.46. The van der Waals surface area contributed by atoms with Gasteiger partial charge in [0.2, 0.25) is 0 Å². The minimum atomic E-state index is -0.331. The molecule has 4 nitrogen and oxygen atoms in total. The van der Waals surface area contributed by atoms with Crippen LogP contribution in [0.25, 0.3) is 0 Å².